The van der Waals surface area contributed by atoms with Crippen LogP contribution < -0.4 is 11.3 Å². The number of aryl methyl sites for hydroxylation is 1. The molecule has 19 nitrogen and oxygen atoms in total. The molecule has 6 heterocycles. The molecule has 2 aliphatic carbocycles. The zero-order valence-corrected chi connectivity index (χ0v) is 27.0. The third-order valence-corrected chi connectivity index (χ3v) is 12.5. The molecule has 0 aromatic carbocycles. The van der Waals surface area contributed by atoms with E-state index in [1.54, 1.807) is 16.9 Å². The van der Waals surface area contributed by atoms with Crippen molar-refractivity contribution in [2.45, 2.75) is 49.9 Å². The van der Waals surface area contributed by atoms with Crippen molar-refractivity contribution in [1.82, 2.24) is 29.5 Å². The number of phosphoric acid groups is 2. The highest BCUT2D eigenvalue weighted by Gasteiger charge is 2.74. The summed E-state index contributed by atoms with van der Waals surface area (Å²) in [6.07, 6.45) is -3.55. The molecule has 2 aliphatic heterocycles. The van der Waals surface area contributed by atoms with E-state index < -0.39 is 94.8 Å². The molecule has 0 amide bonds. The van der Waals surface area contributed by atoms with Crippen molar-refractivity contribution in [3.8, 4) is 0 Å². The number of aliphatic hydroxyl groups is 2. The molecule has 2 saturated carbocycles. The Kier molecular flexibility index (Phi) is 7.32. The van der Waals surface area contributed by atoms with Gasteiger partial charge in [0.2, 0.25) is 0 Å². The summed E-state index contributed by atoms with van der Waals surface area (Å²) in [6, 6.07) is -0.802. The average Bonchev–Trinajstić information content (AvgIpc) is 3.30. The molecule has 4 aliphatic rings. The minimum Gasteiger partial charge on any atom is -0.396 e. The van der Waals surface area contributed by atoms with Gasteiger partial charge in [0.05, 0.1) is 54.1 Å². The van der Waals surface area contributed by atoms with E-state index in [-0.39, 0.29) is 28.7 Å². The van der Waals surface area contributed by atoms with E-state index >= 15 is 0 Å². The fraction of sp³-hybridized carbons (Fsp3) is 0.560. The van der Waals surface area contributed by atoms with Crippen LogP contribution in [0.2, 0.25) is 0 Å². The summed E-state index contributed by atoms with van der Waals surface area (Å²) < 4.78 is 56.9. The number of ether oxygens (including phenoxy) is 1. The Labute approximate surface area is 267 Å². The molecular weight excluding hydrogens is 684 g/mol. The smallest absolute Gasteiger partial charge is 0.396 e. The molecule has 4 aromatic rings. The lowest BCUT2D eigenvalue weighted by Crippen LogP contribution is -2.38. The van der Waals surface area contributed by atoms with Gasteiger partial charge in [0.15, 0.2) is 11.5 Å². The number of nitrogens with one attached hydrogen (secondary N) is 1. The van der Waals surface area contributed by atoms with Crippen molar-refractivity contribution in [2.75, 3.05) is 25.6 Å². The molecular formula is C25H29N7O12P2S. The zero-order valence-electron chi connectivity index (χ0n) is 24.4. The van der Waals surface area contributed by atoms with Gasteiger partial charge in [-0.1, -0.05) is 0 Å². The minimum absolute atomic E-state index is 0.116. The van der Waals surface area contributed by atoms with Gasteiger partial charge in [-0.3, -0.25) is 22.9 Å². The summed E-state index contributed by atoms with van der Waals surface area (Å²) in [7, 11) is -9.89. The Hall–Kier alpha value is -2.71. The number of aliphatic hydroxyl groups excluding tert-OH is 2. The molecule has 8 rings (SSSR count). The Bertz CT molecular complexity index is 2060. The topological polar surface area (TPSA) is 277 Å². The lowest BCUT2D eigenvalue weighted by Gasteiger charge is -2.30. The number of thiophene rings is 1. The van der Waals surface area contributed by atoms with Gasteiger partial charge in [0.25, 0.3) is 5.56 Å². The average molecular weight is 714 g/mol. The molecule has 1 spiro atoms. The normalized spacial score (nSPS) is 40.4. The first kappa shape index (κ1) is 31.6. The molecule has 4 aromatic heterocycles. The van der Waals surface area contributed by atoms with Gasteiger partial charge in [-0.2, -0.15) is 0 Å². The van der Waals surface area contributed by atoms with E-state index in [9.17, 15) is 33.9 Å². The fourth-order valence-electron chi connectivity index (χ4n) is 7.29. The largest absolute Gasteiger partial charge is 0.472 e. The third kappa shape index (κ3) is 5.02. The number of nitrogens with zero attached hydrogens (tertiary/aromatic N) is 5. The predicted octanol–water partition coefficient (Wildman–Crippen LogP) is 0.703. The van der Waals surface area contributed by atoms with Crippen molar-refractivity contribution >= 4 is 54.9 Å². The van der Waals surface area contributed by atoms with Crippen LogP contribution in [-0.4, -0.2) is 93.7 Å². The van der Waals surface area contributed by atoms with Gasteiger partial charge in [0, 0.05) is 16.7 Å². The summed E-state index contributed by atoms with van der Waals surface area (Å²) in [4.78, 5) is 54.3. The minimum atomic E-state index is -4.95. The lowest BCUT2D eigenvalue weighted by molar-refractivity contribution is -0.0502. The first-order valence-corrected chi connectivity index (χ1v) is 18.4. The highest BCUT2D eigenvalue weighted by Crippen LogP contribution is 2.72. The maximum atomic E-state index is 13.6. The van der Waals surface area contributed by atoms with Gasteiger partial charge in [-0.15, -0.1) is 11.3 Å². The maximum Gasteiger partial charge on any atom is 0.472 e. The molecule has 252 valence electrons. The fourth-order valence-corrected chi connectivity index (χ4v) is 10.4. The van der Waals surface area contributed by atoms with Gasteiger partial charge < -0.3 is 40.0 Å². The number of hydrogen-bond donors (Lipinski definition) is 6. The van der Waals surface area contributed by atoms with E-state index in [4.69, 9.17) is 28.6 Å². The predicted molar refractivity (Wildman–Crippen MR) is 160 cm³/mol. The van der Waals surface area contributed by atoms with Gasteiger partial charge >= 0.3 is 15.6 Å². The van der Waals surface area contributed by atoms with Crippen LogP contribution in [0.15, 0.2) is 22.8 Å². The third-order valence-electron chi connectivity index (χ3n) is 9.52. The summed E-state index contributed by atoms with van der Waals surface area (Å²) in [5, 5.41) is 23.7. The number of phosphoric ester groups is 2. The van der Waals surface area contributed by atoms with Crippen LogP contribution in [-0.2, 0) is 32.0 Å². The number of anilines is 1. The monoisotopic (exact) mass is 713 g/mol. The van der Waals surface area contributed by atoms with Gasteiger partial charge in [-0.25, -0.2) is 29.1 Å². The van der Waals surface area contributed by atoms with Crippen LogP contribution in [0.4, 0.5) is 5.82 Å². The van der Waals surface area contributed by atoms with Gasteiger partial charge in [0.1, 0.15) is 42.1 Å². The van der Waals surface area contributed by atoms with Crippen molar-refractivity contribution in [3.63, 3.8) is 0 Å². The van der Waals surface area contributed by atoms with Crippen LogP contribution in [0.3, 0.4) is 0 Å². The van der Waals surface area contributed by atoms with Crippen LogP contribution in [0, 0.1) is 24.2 Å². The number of nitrogens with two attached hydrogens (primary N) is 1. The summed E-state index contributed by atoms with van der Waals surface area (Å²) in [6.45, 7) is -0.166. The summed E-state index contributed by atoms with van der Waals surface area (Å²) >= 11 is 1.10. The number of H-pyrrole nitrogens is 1. The molecule has 22 heteroatoms. The first-order valence-electron chi connectivity index (χ1n) is 14.5. The molecule has 47 heavy (non-hydrogen) atoms. The quantitative estimate of drug-likeness (QED) is 0.159. The SMILES string of the molecule is Cc1nc2c([C@@H]3O[C@@H]4COP(=O)(O)O[C@H]5[C@@H](O)[C@H](n6cnc7c(N)ncnc76)[C@H]6C[C@]65COP(=O)(O)O[C@@H]3[C@@H]4CO)scc2c(=O)[nH]1. The van der Waals surface area contributed by atoms with Crippen molar-refractivity contribution in [1.29, 1.82) is 0 Å². The van der Waals surface area contributed by atoms with Crippen LogP contribution >= 0.6 is 27.0 Å². The number of rotatable bonds is 3. The van der Waals surface area contributed by atoms with Crippen LogP contribution in [0.25, 0.3) is 22.1 Å². The standard InChI is InChI=1S/C25H29N7O12P2S/c1-9-30-14-11(24(35)31-9)5-47-20(14)19-18-10(3-33)13(42-19)4-40-45(36,37)44-21-17(34)16(12-2-25(12,21)6-41-46(38,39)43-18)32-8-29-15-22(26)27-7-28-23(15)32/h5,7-8,10,12-13,16-19,21,33-34H,2-4,6H2,1H3,(H,36,37)(H,38,39)(H2,26,27,28)(H,30,31,35)/t10-,12-,13-,16-,17+,18-,19-,21+,25+/m1/s1. The Balaban J connectivity index is 1.15. The number of hydrogen-bond acceptors (Lipinski definition) is 16. The summed E-state index contributed by atoms with van der Waals surface area (Å²) in [5.41, 5.74) is 5.19. The molecule has 4 fully saturated rings. The number of aromatic amines is 1. The highest BCUT2D eigenvalue weighted by molar-refractivity contribution is 7.47. The molecule has 7 N–H and O–H groups in total. The second-order valence-corrected chi connectivity index (χ2v) is 15.9. The number of fused-ring (bicyclic) bond motifs is 4. The molecule has 2 saturated heterocycles. The van der Waals surface area contributed by atoms with E-state index in [1.807, 2.05) is 0 Å². The first-order chi connectivity index (χ1) is 22.3. The second kappa shape index (κ2) is 10.9. The highest BCUT2D eigenvalue weighted by atomic mass is 32.1. The lowest BCUT2D eigenvalue weighted by atomic mass is 9.96. The van der Waals surface area contributed by atoms with Crippen molar-refractivity contribution < 1.29 is 52.0 Å². The Morgan fingerprint density at radius 2 is 1.96 bits per heavy atom. The molecule has 0 radical (unpaired) electrons. The second-order valence-electron chi connectivity index (χ2n) is 12.2. The van der Waals surface area contributed by atoms with Crippen molar-refractivity contribution in [2.24, 2.45) is 17.3 Å². The van der Waals surface area contributed by atoms with E-state index in [1.165, 1.54) is 12.7 Å². The Morgan fingerprint density at radius 3 is 2.74 bits per heavy atom. The molecule has 11 atom stereocenters. The zero-order chi connectivity index (χ0) is 33.0. The van der Waals surface area contributed by atoms with Gasteiger partial charge in [-0.05, 0) is 19.3 Å². The van der Waals surface area contributed by atoms with E-state index in [0.29, 0.717) is 16.3 Å². The Morgan fingerprint density at radius 1 is 1.17 bits per heavy atom. The molecule has 2 bridgehead atoms. The number of aromatic nitrogens is 6. The van der Waals surface area contributed by atoms with E-state index in [2.05, 4.69) is 24.9 Å². The maximum absolute atomic E-state index is 13.6. The van der Waals surface area contributed by atoms with Crippen LogP contribution in [0.5, 0.6) is 0 Å². The number of imidazole rings is 1. The van der Waals surface area contributed by atoms with E-state index in [0.717, 1.165) is 11.3 Å². The van der Waals surface area contributed by atoms with Crippen LogP contribution in [0.1, 0.15) is 29.3 Å². The number of nitrogen functional groups attached to an aromatic ring is 1. The summed E-state index contributed by atoms with van der Waals surface area (Å²) in [5.74, 6) is -1.10. The van der Waals surface area contributed by atoms with Crippen molar-refractivity contribution in [3.05, 3.63) is 39.1 Å². The molecule has 2 unspecified atom stereocenters.